The van der Waals surface area contributed by atoms with Gasteiger partial charge in [-0.05, 0) is 12.8 Å². The van der Waals surface area contributed by atoms with Crippen LogP contribution in [0.25, 0.3) is 0 Å². The van der Waals surface area contributed by atoms with Crippen molar-refractivity contribution in [1.29, 1.82) is 0 Å². The van der Waals surface area contributed by atoms with Crippen LogP contribution in [0.4, 0.5) is 18.0 Å². The van der Waals surface area contributed by atoms with E-state index in [9.17, 15) is 26.4 Å². The molecule has 10 heteroatoms. The third-order valence-electron chi connectivity index (χ3n) is 2.51. The zero-order chi connectivity index (χ0) is 14.0. The first-order chi connectivity index (χ1) is 8.08. The van der Waals surface area contributed by atoms with Crippen molar-refractivity contribution in [3.8, 4) is 0 Å². The number of nitrogens with one attached hydrogen (secondary N) is 2. The molecule has 1 heterocycles. The third-order valence-corrected chi connectivity index (χ3v) is 3.82. The Labute approximate surface area is 103 Å². The molecule has 18 heavy (non-hydrogen) atoms. The summed E-state index contributed by atoms with van der Waals surface area (Å²) in [5.74, 6) is 0. The summed E-state index contributed by atoms with van der Waals surface area (Å²) in [5.41, 5.74) is 0. The van der Waals surface area contributed by atoms with Crippen LogP contribution in [0.2, 0.25) is 0 Å². The summed E-state index contributed by atoms with van der Waals surface area (Å²) in [7, 11) is -3.28. The Balaban J connectivity index is 2.38. The first-order valence-electron chi connectivity index (χ1n) is 5.18. The van der Waals surface area contributed by atoms with Crippen molar-refractivity contribution in [3.63, 3.8) is 0 Å². The molecule has 0 saturated carbocycles. The number of hydrogen-bond donors (Lipinski definition) is 2. The number of alkyl halides is 3. The fourth-order valence-electron chi connectivity index (χ4n) is 1.68. The van der Waals surface area contributed by atoms with Gasteiger partial charge in [0.1, 0.15) is 0 Å². The molecule has 1 rings (SSSR count). The molecule has 0 radical (unpaired) electrons. The summed E-state index contributed by atoms with van der Waals surface area (Å²) in [4.78, 5) is 10.9. The van der Waals surface area contributed by atoms with Crippen LogP contribution >= 0.6 is 0 Å². The third kappa shape index (κ3) is 5.08. The molecular formula is C8H14F3N3O3S. The minimum absolute atomic E-state index is 0.190. The number of carbonyl (C=O) groups excluding carboxylic acids is 1. The van der Waals surface area contributed by atoms with Gasteiger partial charge in [-0.25, -0.2) is 22.8 Å². The topological polar surface area (TPSA) is 78.5 Å². The van der Waals surface area contributed by atoms with Crippen molar-refractivity contribution in [2.24, 2.45) is 0 Å². The Hall–Kier alpha value is -1.03. The van der Waals surface area contributed by atoms with Crippen LogP contribution in [0.15, 0.2) is 0 Å². The van der Waals surface area contributed by atoms with E-state index in [0.717, 1.165) is 11.6 Å². The van der Waals surface area contributed by atoms with E-state index in [1.807, 2.05) is 0 Å². The molecule has 1 saturated heterocycles. The zero-order valence-electron chi connectivity index (χ0n) is 9.62. The highest BCUT2D eigenvalue weighted by atomic mass is 32.2. The lowest BCUT2D eigenvalue weighted by atomic mass is 10.1. The summed E-state index contributed by atoms with van der Waals surface area (Å²) in [6.07, 6.45) is -3.12. The highest BCUT2D eigenvalue weighted by molar-refractivity contribution is 7.88. The van der Waals surface area contributed by atoms with Crippen molar-refractivity contribution in [2.45, 2.75) is 25.2 Å². The van der Waals surface area contributed by atoms with Gasteiger partial charge in [-0.3, -0.25) is 0 Å². The van der Waals surface area contributed by atoms with Crippen LogP contribution in [-0.2, 0) is 10.0 Å². The van der Waals surface area contributed by atoms with Gasteiger partial charge in [0.25, 0.3) is 0 Å². The highest BCUT2D eigenvalue weighted by Gasteiger charge is 2.32. The fourth-order valence-corrected chi connectivity index (χ4v) is 2.56. The largest absolute Gasteiger partial charge is 0.485 e. The first-order valence-corrected chi connectivity index (χ1v) is 7.03. The van der Waals surface area contributed by atoms with Gasteiger partial charge in [0.2, 0.25) is 10.0 Å². The number of amides is 2. The summed E-state index contributed by atoms with van der Waals surface area (Å²) >= 11 is 0. The average molecular weight is 289 g/mol. The first kappa shape index (κ1) is 15.0. The number of urea groups is 1. The number of sulfonamides is 1. The van der Waals surface area contributed by atoms with Crippen LogP contribution in [0, 0.1) is 0 Å². The summed E-state index contributed by atoms with van der Waals surface area (Å²) in [5, 5.41) is 2.98. The van der Waals surface area contributed by atoms with Crippen LogP contribution in [0.1, 0.15) is 12.8 Å². The lowest BCUT2D eigenvalue weighted by Crippen LogP contribution is -2.51. The molecule has 0 aliphatic carbocycles. The van der Waals surface area contributed by atoms with Gasteiger partial charge in [-0.15, -0.1) is 0 Å². The highest BCUT2D eigenvalue weighted by Crippen LogP contribution is 2.14. The normalized spacial score (nSPS) is 19.6. The van der Waals surface area contributed by atoms with Gasteiger partial charge >= 0.3 is 12.3 Å². The minimum Gasteiger partial charge on any atom is -0.335 e. The van der Waals surface area contributed by atoms with Crippen LogP contribution in [0.3, 0.4) is 0 Å². The molecule has 0 bridgehead atoms. The Bertz CT molecular complexity index is 402. The molecule has 0 aromatic carbocycles. The molecule has 106 valence electrons. The standard InChI is InChI=1S/C8H14F3N3O3S/c1-18(16,17)14-4-2-6(3-5-14)12-7(15)13-8(9,10)11/h6H,2-5H2,1H3,(H2,12,13,15). The second-order valence-electron chi connectivity index (χ2n) is 4.03. The van der Waals surface area contributed by atoms with Crippen LogP contribution in [0.5, 0.6) is 0 Å². The lowest BCUT2D eigenvalue weighted by Gasteiger charge is -2.30. The molecule has 1 fully saturated rings. The number of hydrogen-bond acceptors (Lipinski definition) is 3. The van der Waals surface area contributed by atoms with E-state index >= 15 is 0 Å². The summed E-state index contributed by atoms with van der Waals surface area (Å²) < 4.78 is 59.0. The molecular weight excluding hydrogens is 275 g/mol. The van der Waals surface area contributed by atoms with Gasteiger partial charge in [0.05, 0.1) is 6.26 Å². The maximum atomic E-state index is 11.8. The Morgan fingerprint density at radius 2 is 1.78 bits per heavy atom. The molecule has 2 N–H and O–H groups in total. The van der Waals surface area contributed by atoms with Crippen LogP contribution in [-0.4, -0.2) is 50.4 Å². The molecule has 0 aromatic rings. The maximum absolute atomic E-state index is 11.8. The van der Waals surface area contributed by atoms with Gasteiger partial charge in [-0.1, -0.05) is 0 Å². The maximum Gasteiger partial charge on any atom is 0.485 e. The van der Waals surface area contributed by atoms with Gasteiger partial charge in [-0.2, -0.15) is 13.2 Å². The molecule has 6 nitrogen and oxygen atoms in total. The summed E-state index contributed by atoms with van der Waals surface area (Å²) in [6.45, 7) is 0.381. The second-order valence-corrected chi connectivity index (χ2v) is 6.01. The zero-order valence-corrected chi connectivity index (χ0v) is 10.4. The smallest absolute Gasteiger partial charge is 0.335 e. The SMILES string of the molecule is CS(=O)(=O)N1CCC(NC(=O)NC(F)(F)F)CC1. The average Bonchev–Trinajstić information content (AvgIpc) is 2.13. The van der Waals surface area contributed by atoms with Crippen molar-refractivity contribution >= 4 is 16.1 Å². The predicted octanol–water partition coefficient (Wildman–Crippen LogP) is 0.229. The molecule has 2 amide bonds. The van der Waals surface area contributed by atoms with Crippen molar-refractivity contribution in [2.75, 3.05) is 19.3 Å². The molecule has 0 spiro atoms. The second kappa shape index (κ2) is 5.31. The van der Waals surface area contributed by atoms with Gasteiger partial charge in [0.15, 0.2) is 0 Å². The fraction of sp³-hybridized carbons (Fsp3) is 0.875. The van der Waals surface area contributed by atoms with Gasteiger partial charge < -0.3 is 5.32 Å². The number of rotatable bonds is 2. The van der Waals surface area contributed by atoms with E-state index in [0.29, 0.717) is 12.8 Å². The van der Waals surface area contributed by atoms with Crippen molar-refractivity contribution in [1.82, 2.24) is 14.9 Å². The van der Waals surface area contributed by atoms with E-state index in [-0.39, 0.29) is 13.1 Å². The predicted molar refractivity (Wildman–Crippen MR) is 57.2 cm³/mol. The molecule has 0 atom stereocenters. The lowest BCUT2D eigenvalue weighted by molar-refractivity contribution is -0.145. The van der Waals surface area contributed by atoms with Crippen molar-refractivity contribution in [3.05, 3.63) is 0 Å². The Kier molecular flexibility index (Phi) is 4.43. The number of carbonyl (C=O) groups is 1. The quantitative estimate of drug-likeness (QED) is 0.714. The van der Waals surface area contributed by atoms with E-state index in [1.165, 1.54) is 4.31 Å². The molecule has 0 unspecified atom stereocenters. The van der Waals surface area contributed by atoms with E-state index < -0.39 is 28.4 Å². The number of piperidine rings is 1. The van der Waals surface area contributed by atoms with Crippen molar-refractivity contribution < 1.29 is 26.4 Å². The Morgan fingerprint density at radius 3 is 2.17 bits per heavy atom. The summed E-state index contributed by atoms with van der Waals surface area (Å²) in [6, 6.07) is -1.77. The van der Waals surface area contributed by atoms with E-state index in [2.05, 4.69) is 5.32 Å². The van der Waals surface area contributed by atoms with E-state index in [1.54, 1.807) is 0 Å². The number of nitrogens with zero attached hydrogens (tertiary/aromatic N) is 1. The van der Waals surface area contributed by atoms with E-state index in [4.69, 9.17) is 0 Å². The molecule has 1 aliphatic heterocycles. The monoisotopic (exact) mass is 289 g/mol. The number of halogens is 3. The van der Waals surface area contributed by atoms with Gasteiger partial charge in [0, 0.05) is 19.1 Å². The Morgan fingerprint density at radius 1 is 1.28 bits per heavy atom. The minimum atomic E-state index is -4.77. The molecule has 1 aliphatic rings. The van der Waals surface area contributed by atoms with Crippen LogP contribution < -0.4 is 10.6 Å². The molecule has 0 aromatic heterocycles.